The quantitative estimate of drug-likeness (QED) is 0.802. The Morgan fingerprint density at radius 1 is 1.31 bits per heavy atom. The Morgan fingerprint density at radius 2 is 2.00 bits per heavy atom. The van der Waals surface area contributed by atoms with Gasteiger partial charge >= 0.3 is 0 Å². The third-order valence-electron chi connectivity index (χ3n) is 3.96. The normalized spacial score (nSPS) is 27.4. The molecule has 0 spiro atoms. The molecule has 0 heterocycles. The fraction of sp³-hybridized carbons (Fsp3) is 0.600. The molecule has 0 saturated heterocycles. The Hall–Kier alpha value is -0.820. The van der Waals surface area contributed by atoms with Gasteiger partial charge in [-0.1, -0.05) is 50.6 Å². The standard InChI is InChI=1S/C15H23N/c1-3-7-11(2)15(16)14-10-13(14)12-8-5-4-6-9-12/h4-6,8-9,11,13-15H,3,7,10,16H2,1-2H3. The molecule has 4 atom stereocenters. The minimum absolute atomic E-state index is 0.394. The summed E-state index contributed by atoms with van der Waals surface area (Å²) < 4.78 is 0. The summed E-state index contributed by atoms with van der Waals surface area (Å²) in [5, 5.41) is 0. The first kappa shape index (κ1) is 11.7. The molecule has 1 nitrogen and oxygen atoms in total. The van der Waals surface area contributed by atoms with Gasteiger partial charge in [-0.2, -0.15) is 0 Å². The lowest BCUT2D eigenvalue weighted by Crippen LogP contribution is -2.30. The van der Waals surface area contributed by atoms with E-state index in [0.29, 0.717) is 12.0 Å². The van der Waals surface area contributed by atoms with E-state index in [1.165, 1.54) is 24.8 Å². The second-order valence-electron chi connectivity index (χ2n) is 5.26. The molecule has 1 heteroatoms. The molecule has 1 aliphatic rings. The van der Waals surface area contributed by atoms with Crippen LogP contribution in [0.1, 0.15) is 44.6 Å². The van der Waals surface area contributed by atoms with Crippen LogP contribution in [0, 0.1) is 11.8 Å². The average Bonchev–Trinajstić information content (AvgIpc) is 3.09. The zero-order valence-electron chi connectivity index (χ0n) is 10.4. The summed E-state index contributed by atoms with van der Waals surface area (Å²) in [7, 11) is 0. The van der Waals surface area contributed by atoms with Crippen LogP contribution in [0.2, 0.25) is 0 Å². The van der Waals surface area contributed by atoms with Gasteiger partial charge in [0.1, 0.15) is 0 Å². The van der Waals surface area contributed by atoms with Crippen molar-refractivity contribution < 1.29 is 0 Å². The molecule has 4 unspecified atom stereocenters. The molecule has 0 radical (unpaired) electrons. The number of rotatable bonds is 5. The summed E-state index contributed by atoms with van der Waals surface area (Å²) in [4.78, 5) is 0. The lowest BCUT2D eigenvalue weighted by Gasteiger charge is -2.19. The van der Waals surface area contributed by atoms with Crippen molar-refractivity contribution in [3.05, 3.63) is 35.9 Å². The van der Waals surface area contributed by atoms with E-state index >= 15 is 0 Å². The Morgan fingerprint density at radius 3 is 2.62 bits per heavy atom. The van der Waals surface area contributed by atoms with Gasteiger partial charge in [0, 0.05) is 6.04 Å². The fourth-order valence-electron chi connectivity index (χ4n) is 2.79. The van der Waals surface area contributed by atoms with E-state index < -0.39 is 0 Å². The van der Waals surface area contributed by atoms with Gasteiger partial charge in [0.2, 0.25) is 0 Å². The predicted octanol–water partition coefficient (Wildman–Crippen LogP) is 3.55. The van der Waals surface area contributed by atoms with Crippen LogP contribution in [0.15, 0.2) is 30.3 Å². The van der Waals surface area contributed by atoms with E-state index in [-0.39, 0.29) is 0 Å². The number of benzene rings is 1. The maximum absolute atomic E-state index is 6.34. The van der Waals surface area contributed by atoms with Crippen molar-refractivity contribution in [2.45, 2.75) is 45.1 Å². The lowest BCUT2D eigenvalue weighted by molar-refractivity contribution is 0.383. The fourth-order valence-corrected chi connectivity index (χ4v) is 2.79. The molecule has 0 amide bonds. The zero-order chi connectivity index (χ0) is 11.5. The van der Waals surface area contributed by atoms with Crippen LogP contribution in [0.4, 0.5) is 0 Å². The highest BCUT2D eigenvalue weighted by Crippen LogP contribution is 2.50. The molecule has 0 bridgehead atoms. The Labute approximate surface area is 99.0 Å². The van der Waals surface area contributed by atoms with Crippen LogP contribution in [0.5, 0.6) is 0 Å². The van der Waals surface area contributed by atoms with Gasteiger partial charge in [-0.05, 0) is 36.2 Å². The first-order valence-corrected chi connectivity index (χ1v) is 6.54. The molecule has 1 saturated carbocycles. The number of hydrogen-bond acceptors (Lipinski definition) is 1. The summed E-state index contributed by atoms with van der Waals surface area (Å²) in [6, 6.07) is 11.2. The summed E-state index contributed by atoms with van der Waals surface area (Å²) in [5.74, 6) is 2.13. The van der Waals surface area contributed by atoms with Crippen molar-refractivity contribution in [1.29, 1.82) is 0 Å². The second-order valence-corrected chi connectivity index (χ2v) is 5.26. The number of nitrogens with two attached hydrogens (primary N) is 1. The van der Waals surface area contributed by atoms with Gasteiger partial charge in [-0.25, -0.2) is 0 Å². The molecular formula is C15H23N. The highest BCUT2D eigenvalue weighted by atomic mass is 14.7. The van der Waals surface area contributed by atoms with Crippen molar-refractivity contribution in [3.8, 4) is 0 Å². The van der Waals surface area contributed by atoms with E-state index in [1.807, 2.05) is 0 Å². The smallest absolute Gasteiger partial charge is 0.00990 e. The summed E-state index contributed by atoms with van der Waals surface area (Å²) in [6.45, 7) is 4.54. The molecule has 1 aromatic rings. The third-order valence-corrected chi connectivity index (χ3v) is 3.96. The first-order valence-electron chi connectivity index (χ1n) is 6.54. The van der Waals surface area contributed by atoms with Crippen LogP contribution in [-0.2, 0) is 0 Å². The molecule has 0 aliphatic heterocycles. The second kappa shape index (κ2) is 5.01. The molecule has 1 aliphatic carbocycles. The maximum atomic E-state index is 6.34. The topological polar surface area (TPSA) is 26.0 Å². The Kier molecular flexibility index (Phi) is 3.65. The Balaban J connectivity index is 1.91. The van der Waals surface area contributed by atoms with Crippen molar-refractivity contribution in [1.82, 2.24) is 0 Å². The molecule has 88 valence electrons. The van der Waals surface area contributed by atoms with E-state index in [2.05, 4.69) is 44.2 Å². The highest BCUT2D eigenvalue weighted by Gasteiger charge is 2.43. The van der Waals surface area contributed by atoms with Crippen molar-refractivity contribution in [3.63, 3.8) is 0 Å². The first-order chi connectivity index (χ1) is 7.74. The summed E-state index contributed by atoms with van der Waals surface area (Å²) >= 11 is 0. The van der Waals surface area contributed by atoms with Crippen LogP contribution >= 0.6 is 0 Å². The van der Waals surface area contributed by atoms with Gasteiger partial charge < -0.3 is 5.73 Å². The molecule has 0 aromatic heterocycles. The van der Waals surface area contributed by atoms with E-state index in [9.17, 15) is 0 Å². The van der Waals surface area contributed by atoms with Gasteiger partial charge in [0.15, 0.2) is 0 Å². The van der Waals surface area contributed by atoms with Crippen LogP contribution < -0.4 is 5.73 Å². The van der Waals surface area contributed by atoms with E-state index in [4.69, 9.17) is 5.73 Å². The van der Waals surface area contributed by atoms with Gasteiger partial charge in [0.25, 0.3) is 0 Å². The lowest BCUT2D eigenvalue weighted by atomic mass is 9.92. The highest BCUT2D eigenvalue weighted by molar-refractivity contribution is 5.26. The molecule has 2 rings (SSSR count). The molecule has 2 N–H and O–H groups in total. The molecular weight excluding hydrogens is 194 g/mol. The summed E-state index contributed by atoms with van der Waals surface area (Å²) in [6.07, 6.45) is 3.80. The van der Waals surface area contributed by atoms with Crippen molar-refractivity contribution >= 4 is 0 Å². The SMILES string of the molecule is CCCC(C)C(N)C1CC1c1ccccc1. The van der Waals surface area contributed by atoms with Gasteiger partial charge in [0.05, 0.1) is 0 Å². The minimum Gasteiger partial charge on any atom is -0.327 e. The van der Waals surface area contributed by atoms with Crippen molar-refractivity contribution in [2.75, 3.05) is 0 Å². The third kappa shape index (κ3) is 2.46. The average molecular weight is 217 g/mol. The summed E-state index contributed by atoms with van der Waals surface area (Å²) in [5.41, 5.74) is 7.81. The monoisotopic (exact) mass is 217 g/mol. The van der Waals surface area contributed by atoms with E-state index in [1.54, 1.807) is 0 Å². The van der Waals surface area contributed by atoms with Crippen molar-refractivity contribution in [2.24, 2.45) is 17.6 Å². The van der Waals surface area contributed by atoms with E-state index in [0.717, 1.165) is 11.8 Å². The van der Waals surface area contributed by atoms with Crippen LogP contribution in [0.3, 0.4) is 0 Å². The zero-order valence-corrected chi connectivity index (χ0v) is 10.4. The number of hydrogen-bond donors (Lipinski definition) is 1. The van der Waals surface area contributed by atoms with Gasteiger partial charge in [-0.15, -0.1) is 0 Å². The minimum atomic E-state index is 0.394. The largest absolute Gasteiger partial charge is 0.327 e. The molecule has 1 fully saturated rings. The van der Waals surface area contributed by atoms with Gasteiger partial charge in [-0.3, -0.25) is 0 Å². The predicted molar refractivity (Wildman–Crippen MR) is 69.3 cm³/mol. The Bertz CT molecular complexity index is 319. The molecule has 1 aromatic carbocycles. The van der Waals surface area contributed by atoms with Crippen LogP contribution in [0.25, 0.3) is 0 Å². The van der Waals surface area contributed by atoms with Crippen LogP contribution in [-0.4, -0.2) is 6.04 Å². The maximum Gasteiger partial charge on any atom is 0.00990 e. The molecule has 16 heavy (non-hydrogen) atoms.